The first-order valence-electron chi connectivity index (χ1n) is 8.16. The molecule has 2 aromatic carbocycles. The number of fused-ring (bicyclic) bond motifs is 2. The molecule has 1 N–H and O–H groups in total. The van der Waals surface area contributed by atoms with Crippen LogP contribution in [0.1, 0.15) is 21.5 Å². The largest absolute Gasteiger partial charge is 0.454 e. The van der Waals surface area contributed by atoms with Crippen molar-refractivity contribution in [3.05, 3.63) is 59.2 Å². The lowest BCUT2D eigenvalue weighted by molar-refractivity contribution is -0.130. The fourth-order valence-corrected chi connectivity index (χ4v) is 3.02. The Morgan fingerprint density at radius 1 is 1.12 bits per heavy atom. The minimum atomic E-state index is -0.779. The maximum atomic E-state index is 12.3. The summed E-state index contributed by atoms with van der Waals surface area (Å²) >= 11 is 0. The van der Waals surface area contributed by atoms with Crippen LogP contribution in [-0.4, -0.2) is 31.3 Å². The SMILES string of the molecule is O=C1O[C@@H](C(=O)NCCc2ccc3c(c2)OCO3)Cc2ccccc21. The third-order valence-electron chi connectivity index (χ3n) is 4.33. The monoisotopic (exact) mass is 339 g/mol. The molecule has 2 aliphatic rings. The van der Waals surface area contributed by atoms with Crippen LogP contribution in [0.3, 0.4) is 0 Å². The van der Waals surface area contributed by atoms with Gasteiger partial charge in [0.05, 0.1) is 5.56 Å². The van der Waals surface area contributed by atoms with E-state index in [2.05, 4.69) is 5.32 Å². The second-order valence-corrected chi connectivity index (χ2v) is 5.98. The van der Waals surface area contributed by atoms with Gasteiger partial charge in [-0.3, -0.25) is 4.79 Å². The van der Waals surface area contributed by atoms with Crippen LogP contribution in [0.5, 0.6) is 11.5 Å². The highest BCUT2D eigenvalue weighted by Crippen LogP contribution is 2.32. The van der Waals surface area contributed by atoms with Crippen molar-refractivity contribution < 1.29 is 23.8 Å². The molecule has 6 heteroatoms. The molecule has 0 spiro atoms. The quantitative estimate of drug-likeness (QED) is 0.861. The zero-order valence-electron chi connectivity index (χ0n) is 13.5. The molecule has 0 saturated heterocycles. The molecule has 0 unspecified atom stereocenters. The molecule has 2 heterocycles. The molecule has 25 heavy (non-hydrogen) atoms. The number of rotatable bonds is 4. The van der Waals surface area contributed by atoms with Crippen LogP contribution in [0.4, 0.5) is 0 Å². The Hall–Kier alpha value is -3.02. The number of carbonyl (C=O) groups is 2. The van der Waals surface area contributed by atoms with Gasteiger partial charge in [0.2, 0.25) is 6.79 Å². The summed E-state index contributed by atoms with van der Waals surface area (Å²) in [6, 6.07) is 12.9. The summed E-state index contributed by atoms with van der Waals surface area (Å²) in [6.07, 6.45) is 0.274. The van der Waals surface area contributed by atoms with Crippen molar-refractivity contribution >= 4 is 11.9 Å². The number of hydrogen-bond donors (Lipinski definition) is 1. The molecular formula is C19H17NO5. The van der Waals surface area contributed by atoms with Gasteiger partial charge in [0, 0.05) is 13.0 Å². The molecule has 0 aromatic heterocycles. The summed E-state index contributed by atoms with van der Waals surface area (Å²) in [5, 5.41) is 2.83. The smallest absolute Gasteiger partial charge is 0.339 e. The predicted octanol–water partition coefficient (Wildman–Crippen LogP) is 1.86. The van der Waals surface area contributed by atoms with E-state index in [9.17, 15) is 9.59 Å². The van der Waals surface area contributed by atoms with Gasteiger partial charge >= 0.3 is 5.97 Å². The summed E-state index contributed by atoms with van der Waals surface area (Å²) in [6.45, 7) is 0.693. The van der Waals surface area contributed by atoms with Crippen LogP contribution in [-0.2, 0) is 22.4 Å². The molecule has 128 valence electrons. The van der Waals surface area contributed by atoms with Crippen molar-refractivity contribution in [1.82, 2.24) is 5.32 Å². The van der Waals surface area contributed by atoms with Crippen molar-refractivity contribution in [3.8, 4) is 11.5 Å². The number of nitrogens with one attached hydrogen (secondary N) is 1. The molecule has 2 aliphatic heterocycles. The van der Waals surface area contributed by atoms with Gasteiger partial charge in [-0.05, 0) is 35.7 Å². The van der Waals surface area contributed by atoms with Gasteiger partial charge in [0.15, 0.2) is 17.6 Å². The summed E-state index contributed by atoms with van der Waals surface area (Å²) < 4.78 is 15.9. The van der Waals surface area contributed by atoms with Crippen molar-refractivity contribution in [2.24, 2.45) is 0 Å². The minimum absolute atomic E-state index is 0.240. The summed E-state index contributed by atoms with van der Waals surface area (Å²) in [7, 11) is 0. The Morgan fingerprint density at radius 2 is 1.96 bits per heavy atom. The average molecular weight is 339 g/mol. The predicted molar refractivity (Wildman–Crippen MR) is 88.6 cm³/mol. The first-order chi connectivity index (χ1) is 12.2. The van der Waals surface area contributed by atoms with Gasteiger partial charge in [-0.1, -0.05) is 24.3 Å². The van der Waals surface area contributed by atoms with E-state index in [1.165, 1.54) is 0 Å². The van der Waals surface area contributed by atoms with Gasteiger partial charge in [-0.2, -0.15) is 0 Å². The van der Waals surface area contributed by atoms with Crippen LogP contribution < -0.4 is 14.8 Å². The number of benzene rings is 2. The van der Waals surface area contributed by atoms with E-state index in [1.807, 2.05) is 30.3 Å². The van der Waals surface area contributed by atoms with E-state index in [0.717, 1.165) is 22.6 Å². The maximum Gasteiger partial charge on any atom is 0.339 e. The van der Waals surface area contributed by atoms with E-state index in [4.69, 9.17) is 14.2 Å². The molecule has 1 atom stereocenters. The molecule has 0 bridgehead atoms. The zero-order chi connectivity index (χ0) is 17.2. The van der Waals surface area contributed by atoms with E-state index in [0.29, 0.717) is 24.9 Å². The van der Waals surface area contributed by atoms with Crippen molar-refractivity contribution in [2.45, 2.75) is 18.9 Å². The standard InChI is InChI=1S/C19H17NO5/c21-18(17-10-13-3-1-2-4-14(13)19(22)25-17)20-8-7-12-5-6-15-16(9-12)24-11-23-15/h1-6,9,17H,7-8,10-11H2,(H,20,21)/t17-/m1/s1. The Morgan fingerprint density at radius 3 is 2.88 bits per heavy atom. The van der Waals surface area contributed by atoms with Crippen LogP contribution in [0, 0.1) is 0 Å². The Labute approximate surface area is 144 Å². The molecule has 0 fully saturated rings. The van der Waals surface area contributed by atoms with Crippen LogP contribution in [0.25, 0.3) is 0 Å². The van der Waals surface area contributed by atoms with E-state index < -0.39 is 12.1 Å². The Bertz CT molecular complexity index is 832. The molecule has 6 nitrogen and oxygen atoms in total. The fraction of sp³-hybridized carbons (Fsp3) is 0.263. The molecule has 4 rings (SSSR count). The number of carbonyl (C=O) groups excluding carboxylic acids is 2. The van der Waals surface area contributed by atoms with Crippen LogP contribution >= 0.6 is 0 Å². The highest BCUT2D eigenvalue weighted by molar-refractivity contribution is 5.95. The lowest BCUT2D eigenvalue weighted by atomic mass is 9.98. The lowest BCUT2D eigenvalue weighted by Gasteiger charge is -2.23. The third-order valence-corrected chi connectivity index (χ3v) is 4.33. The van der Waals surface area contributed by atoms with Gasteiger partial charge in [0.1, 0.15) is 0 Å². The minimum Gasteiger partial charge on any atom is -0.454 e. The molecule has 2 aromatic rings. The van der Waals surface area contributed by atoms with Gasteiger partial charge in [0.25, 0.3) is 5.91 Å². The summed E-state index contributed by atoms with van der Waals surface area (Å²) in [5.41, 5.74) is 2.41. The molecular weight excluding hydrogens is 322 g/mol. The highest BCUT2D eigenvalue weighted by atomic mass is 16.7. The van der Waals surface area contributed by atoms with Crippen LogP contribution in [0.2, 0.25) is 0 Å². The number of hydrogen-bond acceptors (Lipinski definition) is 5. The normalized spacial score (nSPS) is 17.6. The first-order valence-corrected chi connectivity index (χ1v) is 8.16. The van der Waals surface area contributed by atoms with E-state index in [-0.39, 0.29) is 12.7 Å². The van der Waals surface area contributed by atoms with Gasteiger partial charge < -0.3 is 19.5 Å². The topological polar surface area (TPSA) is 73.9 Å². The second-order valence-electron chi connectivity index (χ2n) is 5.98. The molecule has 0 radical (unpaired) electrons. The molecule has 0 aliphatic carbocycles. The van der Waals surface area contributed by atoms with E-state index in [1.54, 1.807) is 12.1 Å². The number of esters is 1. The van der Waals surface area contributed by atoms with Crippen molar-refractivity contribution in [2.75, 3.05) is 13.3 Å². The van der Waals surface area contributed by atoms with E-state index >= 15 is 0 Å². The number of amides is 1. The van der Waals surface area contributed by atoms with Crippen molar-refractivity contribution in [1.29, 1.82) is 0 Å². The summed E-state index contributed by atoms with van der Waals surface area (Å²) in [4.78, 5) is 24.3. The Balaban J connectivity index is 1.33. The van der Waals surface area contributed by atoms with Crippen LogP contribution in [0.15, 0.2) is 42.5 Å². The van der Waals surface area contributed by atoms with Gasteiger partial charge in [-0.25, -0.2) is 4.79 Å². The molecule has 0 saturated carbocycles. The Kier molecular flexibility index (Phi) is 4.01. The lowest BCUT2D eigenvalue weighted by Crippen LogP contribution is -2.42. The summed E-state index contributed by atoms with van der Waals surface area (Å²) in [5.74, 6) is 0.739. The first kappa shape index (κ1) is 15.5. The number of cyclic esters (lactones) is 1. The van der Waals surface area contributed by atoms with Gasteiger partial charge in [-0.15, -0.1) is 0 Å². The second kappa shape index (κ2) is 6.47. The molecule has 1 amide bonds. The average Bonchev–Trinajstić information content (AvgIpc) is 3.09. The fourth-order valence-electron chi connectivity index (χ4n) is 3.02. The third kappa shape index (κ3) is 3.15. The van der Waals surface area contributed by atoms with Crippen molar-refractivity contribution in [3.63, 3.8) is 0 Å². The number of ether oxygens (including phenoxy) is 3. The maximum absolute atomic E-state index is 12.3. The highest BCUT2D eigenvalue weighted by Gasteiger charge is 2.30. The zero-order valence-corrected chi connectivity index (χ0v) is 13.5.